The van der Waals surface area contributed by atoms with E-state index in [2.05, 4.69) is 73.2 Å². The van der Waals surface area contributed by atoms with Crippen LogP contribution in [0.15, 0.2) is 95.7 Å². The van der Waals surface area contributed by atoms with Crippen LogP contribution in [-0.4, -0.2) is 18.0 Å². The summed E-state index contributed by atoms with van der Waals surface area (Å²) in [4.78, 5) is 8.82. The smallest absolute Gasteiger partial charge is 0.120 e. The van der Waals surface area contributed by atoms with Crippen molar-refractivity contribution in [1.29, 1.82) is 0 Å². The van der Waals surface area contributed by atoms with Crippen LogP contribution in [0.4, 0.5) is 0 Å². The van der Waals surface area contributed by atoms with Crippen LogP contribution in [0.2, 0.25) is 19.6 Å². The Hall–Kier alpha value is -3.37. The monoisotopic (exact) mass is 762 g/mol. The van der Waals surface area contributed by atoms with Crippen molar-refractivity contribution in [3.05, 3.63) is 115 Å². The number of nitrogens with zero attached hydrogens (tertiary/aromatic N) is 2. The van der Waals surface area contributed by atoms with Crippen molar-refractivity contribution in [1.82, 2.24) is 9.97 Å². The average molecular weight is 762 g/mol. The van der Waals surface area contributed by atoms with Crippen LogP contribution in [0.1, 0.15) is 53.3 Å². The molecule has 1 fully saturated rings. The van der Waals surface area contributed by atoms with Crippen molar-refractivity contribution in [2.75, 3.05) is 0 Å². The van der Waals surface area contributed by atoms with Crippen LogP contribution in [0, 0.1) is 19.0 Å². The normalized spacial score (nSPS) is 15.1. The molecule has 0 N–H and O–H groups in total. The minimum absolute atomic E-state index is 0. The molecule has 1 aliphatic rings. The molecule has 0 saturated heterocycles. The van der Waals surface area contributed by atoms with Crippen molar-refractivity contribution in [2.24, 2.45) is 0 Å². The molecule has 0 aliphatic heterocycles. The second-order valence-corrected chi connectivity index (χ2v) is 17.3. The molecule has 221 valence electrons. The van der Waals surface area contributed by atoms with Crippen molar-refractivity contribution in [2.45, 2.75) is 64.5 Å². The zero-order chi connectivity index (χ0) is 31.6. The third-order valence-electron chi connectivity index (χ3n) is 8.16. The van der Waals surface area contributed by atoms with Gasteiger partial charge in [0.05, 0.1) is 13.7 Å². The first-order chi connectivity index (χ1) is 21.6. The van der Waals surface area contributed by atoms with Gasteiger partial charge >= 0.3 is 0 Å². The number of benzene rings is 3. The van der Waals surface area contributed by atoms with E-state index in [4.69, 9.17) is 13.5 Å². The maximum absolute atomic E-state index is 7.23. The van der Waals surface area contributed by atoms with E-state index < -0.39 is 14.9 Å². The van der Waals surface area contributed by atoms with Gasteiger partial charge in [0.2, 0.25) is 0 Å². The van der Waals surface area contributed by atoms with Gasteiger partial charge in [-0.2, -0.15) is 0 Å². The van der Waals surface area contributed by atoms with Crippen LogP contribution in [-0.2, 0) is 20.1 Å². The van der Waals surface area contributed by atoms with Crippen molar-refractivity contribution in [3.8, 4) is 22.5 Å². The molecular formula is C38H38IrN2OSi-2. The SMILES string of the molecule is C[Si](C)(C)c1ccc2c(c1)oc1c(-c3cc(C4CCCCC4)ccn3)[c-]ccc12.[2H]C([2H])([2H])c1ccc(-c2[c-]cccc2)nc1.[Ir]. The fourth-order valence-electron chi connectivity index (χ4n) is 5.78. The zero-order valence-electron chi connectivity index (χ0n) is 27.9. The fraction of sp³-hybridized carbons (Fsp3) is 0.263. The third kappa shape index (κ3) is 7.07. The Labute approximate surface area is 274 Å². The second kappa shape index (κ2) is 13.5. The number of hydrogen-bond donors (Lipinski definition) is 0. The van der Waals surface area contributed by atoms with Gasteiger partial charge in [0.15, 0.2) is 0 Å². The van der Waals surface area contributed by atoms with Crippen LogP contribution in [0.3, 0.4) is 0 Å². The van der Waals surface area contributed by atoms with Crippen LogP contribution >= 0.6 is 0 Å². The summed E-state index contributed by atoms with van der Waals surface area (Å²) in [7, 11) is -1.38. The van der Waals surface area contributed by atoms with E-state index in [1.807, 2.05) is 30.5 Å². The Morgan fingerprint density at radius 2 is 1.70 bits per heavy atom. The summed E-state index contributed by atoms with van der Waals surface area (Å²) in [5.41, 5.74) is 7.10. The molecule has 3 aromatic carbocycles. The first-order valence-electron chi connectivity index (χ1n) is 16.4. The summed E-state index contributed by atoms with van der Waals surface area (Å²) in [5, 5.41) is 3.76. The number of fused-ring (bicyclic) bond motifs is 3. The molecule has 1 aliphatic carbocycles. The topological polar surface area (TPSA) is 38.9 Å². The van der Waals surface area contributed by atoms with Gasteiger partial charge in [-0.15, -0.1) is 54.1 Å². The van der Waals surface area contributed by atoms with Crippen molar-refractivity contribution in [3.63, 3.8) is 0 Å². The van der Waals surface area contributed by atoms with Gasteiger partial charge in [-0.25, -0.2) is 0 Å². The van der Waals surface area contributed by atoms with Gasteiger partial charge < -0.3 is 14.4 Å². The van der Waals surface area contributed by atoms with Crippen molar-refractivity contribution < 1.29 is 28.6 Å². The van der Waals surface area contributed by atoms with Gasteiger partial charge in [-0.1, -0.05) is 90.9 Å². The molecule has 0 spiro atoms. The van der Waals surface area contributed by atoms with E-state index in [1.54, 1.807) is 18.2 Å². The number of aromatic nitrogens is 2. The van der Waals surface area contributed by atoms with Crippen molar-refractivity contribution >= 4 is 35.2 Å². The molecule has 0 atom stereocenters. The maximum Gasteiger partial charge on any atom is 0.120 e. The number of furan rings is 1. The van der Waals surface area contributed by atoms with E-state index >= 15 is 0 Å². The number of hydrogen-bond acceptors (Lipinski definition) is 3. The predicted molar refractivity (Wildman–Crippen MR) is 178 cm³/mol. The molecule has 43 heavy (non-hydrogen) atoms. The quantitative estimate of drug-likeness (QED) is 0.133. The van der Waals surface area contributed by atoms with E-state index in [1.165, 1.54) is 54.4 Å². The first-order valence-corrected chi connectivity index (χ1v) is 18.4. The molecule has 0 unspecified atom stereocenters. The Balaban J connectivity index is 0.000000209. The summed E-state index contributed by atoms with van der Waals surface area (Å²) in [6.07, 6.45) is 9.99. The largest absolute Gasteiger partial charge is 0.501 e. The Morgan fingerprint density at radius 3 is 2.42 bits per heavy atom. The average Bonchev–Trinajstić information content (AvgIpc) is 3.44. The molecule has 1 saturated carbocycles. The standard InChI is InChI=1S/C26H28NOSi.C12H10N.Ir/c1-29(2,3)20-12-13-21-22-10-7-11-23(26(22)28-25(21)17-20)24-16-19(14-15-27-24)18-8-5-4-6-9-18;1-10-7-8-12(13-9-10)11-5-3-2-4-6-11;/h7,10,12-18H,4-6,8-9H2,1-3H3;2-5,7-9H,1H3;/q2*-1;/i;1D3;. The van der Waals surface area contributed by atoms with Gasteiger partial charge in [0, 0.05) is 42.0 Å². The molecular weight excluding hydrogens is 721 g/mol. The summed E-state index contributed by atoms with van der Waals surface area (Å²) < 4.78 is 28.1. The molecule has 0 bridgehead atoms. The predicted octanol–water partition coefficient (Wildman–Crippen LogP) is 9.90. The van der Waals surface area contributed by atoms with E-state index in [0.29, 0.717) is 5.92 Å². The maximum atomic E-state index is 7.23. The van der Waals surface area contributed by atoms with Crippen LogP contribution in [0.5, 0.6) is 0 Å². The molecule has 3 heterocycles. The van der Waals surface area contributed by atoms with E-state index in [0.717, 1.165) is 39.1 Å². The van der Waals surface area contributed by atoms with E-state index in [-0.39, 0.29) is 25.7 Å². The molecule has 3 aromatic heterocycles. The summed E-state index contributed by atoms with van der Waals surface area (Å²) in [6.45, 7) is 5.02. The number of rotatable bonds is 4. The molecule has 7 rings (SSSR count). The molecule has 5 heteroatoms. The van der Waals surface area contributed by atoms with Crippen LogP contribution < -0.4 is 5.19 Å². The third-order valence-corrected chi connectivity index (χ3v) is 10.2. The minimum Gasteiger partial charge on any atom is -0.501 e. The van der Waals surface area contributed by atoms with Gasteiger partial charge in [-0.05, 0) is 54.7 Å². The first kappa shape index (κ1) is 27.2. The Morgan fingerprint density at radius 1 is 0.837 bits per heavy atom. The zero-order valence-corrected chi connectivity index (χ0v) is 28.3. The summed E-state index contributed by atoms with van der Waals surface area (Å²) >= 11 is 0. The van der Waals surface area contributed by atoms with Gasteiger partial charge in [0.1, 0.15) is 5.58 Å². The Kier molecular flexibility index (Phi) is 8.54. The van der Waals surface area contributed by atoms with Gasteiger partial charge in [0.25, 0.3) is 0 Å². The minimum atomic E-state index is -2.09. The fourth-order valence-corrected chi connectivity index (χ4v) is 6.93. The van der Waals surface area contributed by atoms with Crippen LogP contribution in [0.25, 0.3) is 44.5 Å². The van der Waals surface area contributed by atoms with Gasteiger partial charge in [-0.3, -0.25) is 0 Å². The molecule has 0 amide bonds. The van der Waals surface area contributed by atoms with E-state index in [9.17, 15) is 0 Å². The second-order valence-electron chi connectivity index (χ2n) is 12.2. The molecule has 3 nitrogen and oxygen atoms in total. The molecule has 1 radical (unpaired) electrons. The molecule has 6 aromatic rings. The number of pyridine rings is 2. The summed E-state index contributed by atoms with van der Waals surface area (Å²) in [6, 6.07) is 32.5. The number of aryl methyl sites for hydroxylation is 1. The Bertz CT molecular complexity index is 1910. The summed E-state index contributed by atoms with van der Waals surface area (Å²) in [5.74, 6) is 0.666.